The van der Waals surface area contributed by atoms with Crippen LogP contribution in [0.15, 0.2) is 11.1 Å². The van der Waals surface area contributed by atoms with Gasteiger partial charge in [-0.25, -0.2) is 0 Å². The van der Waals surface area contributed by atoms with E-state index in [9.17, 15) is 14.4 Å². The maximum absolute atomic E-state index is 11.8. The normalized spacial score (nSPS) is 23.8. The molecule has 2 heterocycles. The summed E-state index contributed by atoms with van der Waals surface area (Å²) in [5.74, 6) is -0.855. The summed E-state index contributed by atoms with van der Waals surface area (Å²) in [6, 6.07) is -0.705. The van der Waals surface area contributed by atoms with E-state index in [0.717, 1.165) is 23.6 Å². The largest absolute Gasteiger partial charge is 0.340 e. The number of hydrogen-bond acceptors (Lipinski definition) is 4. The number of hydrogen-bond donors (Lipinski definition) is 2. The van der Waals surface area contributed by atoms with Gasteiger partial charge in [0.1, 0.15) is 6.04 Å². The summed E-state index contributed by atoms with van der Waals surface area (Å²) < 4.78 is 0. The Balaban J connectivity index is 2.00. The number of carbonyl (C=O) groups excluding carboxylic acids is 3. The van der Waals surface area contributed by atoms with E-state index in [0.29, 0.717) is 5.57 Å². The first-order chi connectivity index (χ1) is 8.00. The lowest BCUT2D eigenvalue weighted by Crippen LogP contribution is -2.43. The Morgan fingerprint density at radius 1 is 1.41 bits per heavy atom. The third kappa shape index (κ3) is 2.08. The van der Waals surface area contributed by atoms with Crippen LogP contribution in [0, 0.1) is 0 Å². The third-order valence-electron chi connectivity index (χ3n) is 3.23. The molecule has 2 N–H and O–H groups in total. The molecule has 0 saturated carbocycles. The molecule has 0 bridgehead atoms. The van der Waals surface area contributed by atoms with Gasteiger partial charge in [-0.1, -0.05) is 0 Å². The van der Waals surface area contributed by atoms with Crippen LogP contribution in [0.4, 0.5) is 0 Å². The maximum Gasteiger partial charge on any atom is 0.252 e. The molecule has 0 aromatic heterocycles. The van der Waals surface area contributed by atoms with Crippen LogP contribution in [-0.2, 0) is 14.4 Å². The lowest BCUT2D eigenvalue weighted by molar-refractivity contribution is -0.137. The van der Waals surface area contributed by atoms with Crippen LogP contribution in [0.5, 0.6) is 0 Å². The van der Waals surface area contributed by atoms with Gasteiger partial charge in [0.2, 0.25) is 11.8 Å². The average Bonchev–Trinajstić information content (AvgIpc) is 2.44. The van der Waals surface area contributed by atoms with Gasteiger partial charge < -0.3 is 10.6 Å². The minimum absolute atomic E-state index is 0.0575. The molecule has 6 nitrogen and oxygen atoms in total. The van der Waals surface area contributed by atoms with Gasteiger partial charge in [0.25, 0.3) is 5.91 Å². The van der Waals surface area contributed by atoms with E-state index in [1.54, 1.807) is 6.92 Å². The number of carbonyl (C=O) groups is 3. The zero-order chi connectivity index (χ0) is 12.6. The van der Waals surface area contributed by atoms with E-state index < -0.39 is 6.04 Å². The molecule has 3 amide bonds. The molecule has 2 aliphatic rings. The van der Waals surface area contributed by atoms with Crippen LogP contribution >= 0.6 is 0 Å². The van der Waals surface area contributed by atoms with Crippen LogP contribution in [0.3, 0.4) is 0 Å². The van der Waals surface area contributed by atoms with Crippen LogP contribution in [0.25, 0.3) is 0 Å². The highest BCUT2D eigenvalue weighted by molar-refractivity contribution is 6.07. The van der Waals surface area contributed by atoms with Gasteiger partial charge in [-0.15, -0.1) is 0 Å². The Morgan fingerprint density at radius 2 is 2.06 bits per heavy atom. The van der Waals surface area contributed by atoms with E-state index in [-0.39, 0.29) is 24.1 Å². The fourth-order valence-corrected chi connectivity index (χ4v) is 1.81. The first kappa shape index (κ1) is 11.8. The van der Waals surface area contributed by atoms with Gasteiger partial charge in [-0.3, -0.25) is 19.3 Å². The van der Waals surface area contributed by atoms with Crippen molar-refractivity contribution >= 4 is 17.7 Å². The van der Waals surface area contributed by atoms with Gasteiger partial charge in [-0.05, 0) is 12.5 Å². The second-order valence-electron chi connectivity index (χ2n) is 4.35. The van der Waals surface area contributed by atoms with Crippen molar-refractivity contribution in [3.63, 3.8) is 0 Å². The number of amides is 3. The van der Waals surface area contributed by atoms with Gasteiger partial charge in [-0.2, -0.15) is 0 Å². The Hall–Kier alpha value is -1.69. The number of imide groups is 1. The van der Waals surface area contributed by atoms with E-state index in [1.165, 1.54) is 7.05 Å². The molecule has 2 rings (SSSR count). The quantitative estimate of drug-likeness (QED) is 0.466. The van der Waals surface area contributed by atoms with Crippen LogP contribution in [0.1, 0.15) is 13.3 Å². The van der Waals surface area contributed by atoms with E-state index in [2.05, 4.69) is 10.6 Å². The molecule has 2 saturated heterocycles. The Labute approximate surface area is 99.0 Å². The SMILES string of the molecule is CC(C(=O)NC1CC(=O)N(C)C1=O)=C1CNC1. The van der Waals surface area contributed by atoms with Crippen LogP contribution in [-0.4, -0.2) is 48.8 Å². The number of nitrogens with zero attached hydrogens (tertiary/aromatic N) is 1. The highest BCUT2D eigenvalue weighted by Gasteiger charge is 2.37. The summed E-state index contributed by atoms with van der Waals surface area (Å²) in [6.45, 7) is 3.17. The molecule has 0 aliphatic carbocycles. The molecule has 6 heteroatoms. The first-order valence-electron chi connectivity index (χ1n) is 5.51. The van der Waals surface area contributed by atoms with Gasteiger partial charge >= 0.3 is 0 Å². The lowest BCUT2D eigenvalue weighted by atomic mass is 10.0. The highest BCUT2D eigenvalue weighted by atomic mass is 16.2. The Morgan fingerprint density at radius 3 is 2.47 bits per heavy atom. The van der Waals surface area contributed by atoms with E-state index >= 15 is 0 Å². The molecule has 0 radical (unpaired) electrons. The van der Waals surface area contributed by atoms with Gasteiger partial charge in [0.05, 0.1) is 6.42 Å². The van der Waals surface area contributed by atoms with Crippen molar-refractivity contribution in [2.75, 3.05) is 20.1 Å². The van der Waals surface area contributed by atoms with E-state index in [1.807, 2.05) is 0 Å². The van der Waals surface area contributed by atoms with Crippen molar-refractivity contribution in [3.8, 4) is 0 Å². The second kappa shape index (κ2) is 4.29. The van der Waals surface area contributed by atoms with Crippen molar-refractivity contribution < 1.29 is 14.4 Å². The topological polar surface area (TPSA) is 78.5 Å². The maximum atomic E-state index is 11.8. The van der Waals surface area contributed by atoms with Gasteiger partial charge in [0.15, 0.2) is 0 Å². The average molecular weight is 237 g/mol. The second-order valence-corrected chi connectivity index (χ2v) is 4.35. The predicted octanol–water partition coefficient (Wildman–Crippen LogP) is -1.22. The molecule has 17 heavy (non-hydrogen) atoms. The van der Waals surface area contributed by atoms with E-state index in [4.69, 9.17) is 0 Å². The molecule has 0 spiro atoms. The number of likely N-dealkylation sites (N-methyl/N-ethyl adjacent to an activating group) is 1. The van der Waals surface area contributed by atoms with Crippen LogP contribution < -0.4 is 10.6 Å². The molecule has 0 aromatic carbocycles. The highest BCUT2D eigenvalue weighted by Crippen LogP contribution is 2.13. The summed E-state index contributed by atoms with van der Waals surface area (Å²) in [5.41, 5.74) is 1.69. The summed E-state index contributed by atoms with van der Waals surface area (Å²) in [7, 11) is 1.43. The van der Waals surface area contributed by atoms with Crippen molar-refractivity contribution in [1.82, 2.24) is 15.5 Å². The number of nitrogens with one attached hydrogen (secondary N) is 2. The van der Waals surface area contributed by atoms with Gasteiger partial charge in [0, 0.05) is 25.7 Å². The zero-order valence-electron chi connectivity index (χ0n) is 9.87. The molecular formula is C11H15N3O3. The lowest BCUT2D eigenvalue weighted by Gasteiger charge is -2.22. The molecule has 1 unspecified atom stereocenters. The Bertz CT molecular complexity index is 422. The first-order valence-corrected chi connectivity index (χ1v) is 5.51. The van der Waals surface area contributed by atoms with Crippen LogP contribution in [0.2, 0.25) is 0 Å². The summed E-state index contributed by atoms with van der Waals surface area (Å²) in [6.07, 6.45) is 0.0575. The molecule has 0 aromatic rings. The van der Waals surface area contributed by atoms with Crippen molar-refractivity contribution in [2.45, 2.75) is 19.4 Å². The minimum atomic E-state index is -0.705. The fraction of sp³-hybridized carbons (Fsp3) is 0.545. The molecule has 2 fully saturated rings. The Kier molecular flexibility index (Phi) is 2.97. The fourth-order valence-electron chi connectivity index (χ4n) is 1.81. The molecule has 2 aliphatic heterocycles. The third-order valence-corrected chi connectivity index (χ3v) is 3.23. The number of likely N-dealkylation sites (tertiary alicyclic amines) is 1. The van der Waals surface area contributed by atoms with Crippen molar-refractivity contribution in [1.29, 1.82) is 0 Å². The molecule has 92 valence electrons. The number of rotatable bonds is 2. The zero-order valence-corrected chi connectivity index (χ0v) is 9.87. The molecule has 1 atom stereocenters. The summed E-state index contributed by atoms with van der Waals surface area (Å²) in [4.78, 5) is 35.7. The summed E-state index contributed by atoms with van der Waals surface area (Å²) >= 11 is 0. The minimum Gasteiger partial charge on any atom is -0.340 e. The van der Waals surface area contributed by atoms with Crippen molar-refractivity contribution in [2.24, 2.45) is 0 Å². The smallest absolute Gasteiger partial charge is 0.252 e. The monoisotopic (exact) mass is 237 g/mol. The molecular weight excluding hydrogens is 222 g/mol. The predicted molar refractivity (Wildman–Crippen MR) is 59.9 cm³/mol. The van der Waals surface area contributed by atoms with Crippen molar-refractivity contribution in [3.05, 3.63) is 11.1 Å². The summed E-state index contributed by atoms with van der Waals surface area (Å²) in [5, 5.41) is 5.65. The standard InChI is InChI=1S/C11H15N3O3/c1-6(7-4-12-5-7)10(16)13-8-3-9(15)14(2)11(8)17/h8,12H,3-5H2,1-2H3,(H,13,16).